The Morgan fingerprint density at radius 1 is 1.07 bits per heavy atom. The van der Waals surface area contributed by atoms with E-state index in [9.17, 15) is 13.2 Å². The van der Waals surface area contributed by atoms with Gasteiger partial charge in [-0.15, -0.1) is 0 Å². The van der Waals surface area contributed by atoms with Crippen molar-refractivity contribution in [1.82, 2.24) is 4.90 Å². The molecule has 3 rings (SSSR count). The van der Waals surface area contributed by atoms with Crippen LogP contribution in [-0.4, -0.2) is 51.8 Å². The van der Waals surface area contributed by atoms with E-state index < -0.39 is 21.2 Å². The first-order valence-electron chi connectivity index (χ1n) is 9.00. The molecule has 1 fully saturated rings. The predicted octanol–water partition coefficient (Wildman–Crippen LogP) is 3.17. The first-order valence-corrected chi connectivity index (χ1v) is 11.5. The minimum atomic E-state index is -3.66. The number of methoxy groups -OCH3 is 1. The first-order chi connectivity index (χ1) is 13.8. The van der Waals surface area contributed by atoms with Crippen molar-refractivity contribution in [2.75, 3.05) is 20.2 Å². The molecule has 1 amide bonds. The number of rotatable bonds is 7. The Bertz CT molecular complexity index is 937. The van der Waals surface area contributed by atoms with Crippen LogP contribution < -0.4 is 4.74 Å². The van der Waals surface area contributed by atoms with Gasteiger partial charge in [0.25, 0.3) is 0 Å². The van der Waals surface area contributed by atoms with Crippen LogP contribution in [-0.2, 0) is 30.9 Å². The molecule has 2 atom stereocenters. The number of benzene rings is 2. The number of halogens is 1. The predicted molar refractivity (Wildman–Crippen MR) is 108 cm³/mol. The van der Waals surface area contributed by atoms with Crippen molar-refractivity contribution < 1.29 is 27.4 Å². The van der Waals surface area contributed by atoms with Crippen molar-refractivity contribution in [3.05, 3.63) is 65.7 Å². The van der Waals surface area contributed by atoms with Gasteiger partial charge in [0.05, 0.1) is 18.8 Å². The first kappa shape index (κ1) is 21.4. The molecule has 7 nitrogen and oxygen atoms in total. The van der Waals surface area contributed by atoms with E-state index in [1.807, 2.05) is 30.3 Å². The third-order valence-electron chi connectivity index (χ3n) is 4.51. The van der Waals surface area contributed by atoms with Crippen LogP contribution >= 0.6 is 10.7 Å². The number of amides is 1. The SMILES string of the molecule is CO[C@@H]1CN(C(=O)OCc2ccccc2)C[C@H]1Oc1cccc(CS(=O)(=O)Cl)c1. The second kappa shape index (κ2) is 9.47. The Morgan fingerprint density at radius 2 is 1.76 bits per heavy atom. The maximum atomic E-state index is 12.4. The second-order valence-electron chi connectivity index (χ2n) is 6.71. The molecule has 0 radical (unpaired) electrons. The van der Waals surface area contributed by atoms with Gasteiger partial charge in [-0.05, 0) is 23.3 Å². The van der Waals surface area contributed by atoms with Crippen molar-refractivity contribution in [1.29, 1.82) is 0 Å². The van der Waals surface area contributed by atoms with E-state index in [0.29, 0.717) is 24.4 Å². The number of hydrogen-bond acceptors (Lipinski definition) is 6. The molecular weight excluding hydrogens is 418 g/mol. The molecule has 9 heteroatoms. The molecule has 0 aromatic heterocycles. The summed E-state index contributed by atoms with van der Waals surface area (Å²) in [5.74, 6) is 0.191. The molecule has 1 aliphatic heterocycles. The van der Waals surface area contributed by atoms with Crippen molar-refractivity contribution in [3.8, 4) is 5.75 Å². The van der Waals surface area contributed by atoms with Crippen LogP contribution in [0.15, 0.2) is 54.6 Å². The molecule has 156 valence electrons. The van der Waals surface area contributed by atoms with Crippen molar-refractivity contribution in [3.63, 3.8) is 0 Å². The maximum absolute atomic E-state index is 12.4. The highest BCUT2D eigenvalue weighted by molar-refractivity contribution is 8.13. The van der Waals surface area contributed by atoms with Crippen LogP contribution in [0.2, 0.25) is 0 Å². The molecule has 1 aliphatic rings. The quantitative estimate of drug-likeness (QED) is 0.616. The largest absolute Gasteiger partial charge is 0.486 e. The van der Waals surface area contributed by atoms with E-state index in [-0.39, 0.29) is 18.5 Å². The molecule has 0 aliphatic carbocycles. The molecular formula is C20H22ClNO6S. The Kier molecular flexibility index (Phi) is 7.00. The monoisotopic (exact) mass is 439 g/mol. The zero-order valence-electron chi connectivity index (χ0n) is 15.9. The molecule has 29 heavy (non-hydrogen) atoms. The minimum absolute atomic E-state index is 0.189. The highest BCUT2D eigenvalue weighted by Gasteiger charge is 2.38. The molecule has 0 saturated carbocycles. The van der Waals surface area contributed by atoms with Crippen molar-refractivity contribution in [2.24, 2.45) is 0 Å². The fourth-order valence-electron chi connectivity index (χ4n) is 3.13. The zero-order valence-corrected chi connectivity index (χ0v) is 17.4. The van der Waals surface area contributed by atoms with E-state index in [2.05, 4.69) is 0 Å². The van der Waals surface area contributed by atoms with Gasteiger partial charge >= 0.3 is 6.09 Å². The summed E-state index contributed by atoms with van der Waals surface area (Å²) in [6.07, 6.45) is -1.18. The highest BCUT2D eigenvalue weighted by atomic mass is 35.7. The summed E-state index contributed by atoms with van der Waals surface area (Å²) in [4.78, 5) is 13.9. The third-order valence-corrected chi connectivity index (χ3v) is 5.51. The molecule has 1 heterocycles. The summed E-state index contributed by atoms with van der Waals surface area (Å²) >= 11 is 0. The van der Waals surface area contributed by atoms with Gasteiger partial charge in [0.1, 0.15) is 24.6 Å². The number of ether oxygens (including phenoxy) is 3. The Hall–Kier alpha value is -2.29. The Labute approximate surface area is 174 Å². The van der Waals surface area contributed by atoms with Crippen LogP contribution in [0.3, 0.4) is 0 Å². The zero-order chi connectivity index (χ0) is 20.9. The minimum Gasteiger partial charge on any atom is -0.486 e. The third kappa shape index (κ3) is 6.35. The summed E-state index contributed by atoms with van der Waals surface area (Å²) in [6.45, 7) is 0.822. The van der Waals surface area contributed by atoms with Crippen molar-refractivity contribution in [2.45, 2.75) is 24.6 Å². The smallest absolute Gasteiger partial charge is 0.410 e. The molecule has 0 N–H and O–H groups in total. The van der Waals surface area contributed by atoms with Gasteiger partial charge in [-0.3, -0.25) is 0 Å². The fourth-order valence-corrected chi connectivity index (χ4v) is 4.08. The van der Waals surface area contributed by atoms with Gasteiger partial charge in [0.2, 0.25) is 9.05 Å². The maximum Gasteiger partial charge on any atom is 0.410 e. The molecule has 0 unspecified atom stereocenters. The highest BCUT2D eigenvalue weighted by Crippen LogP contribution is 2.23. The van der Waals surface area contributed by atoms with E-state index in [0.717, 1.165) is 5.56 Å². The lowest BCUT2D eigenvalue weighted by Gasteiger charge is -2.19. The van der Waals surface area contributed by atoms with E-state index in [1.54, 1.807) is 31.4 Å². The summed E-state index contributed by atoms with van der Waals surface area (Å²) in [6, 6.07) is 16.1. The van der Waals surface area contributed by atoms with Gasteiger partial charge in [-0.25, -0.2) is 13.2 Å². The van der Waals surface area contributed by atoms with Gasteiger partial charge in [-0.2, -0.15) is 0 Å². The number of nitrogens with zero attached hydrogens (tertiary/aromatic N) is 1. The topological polar surface area (TPSA) is 82.1 Å². The molecule has 1 saturated heterocycles. The standard InChI is InChI=1S/C20H22ClNO6S/c1-26-18-11-22(20(23)27-13-15-6-3-2-4-7-15)12-19(18)28-17-9-5-8-16(10-17)14-29(21,24)25/h2-10,18-19H,11-14H2,1H3/t18-,19-/m1/s1. The van der Waals surface area contributed by atoms with Gasteiger partial charge < -0.3 is 19.1 Å². The van der Waals surface area contributed by atoms with Crippen molar-refractivity contribution >= 4 is 25.8 Å². The summed E-state index contributed by atoms with van der Waals surface area (Å²) in [7, 11) is 3.21. The van der Waals surface area contributed by atoms with Crippen LogP contribution in [0, 0.1) is 0 Å². The number of hydrogen-bond donors (Lipinski definition) is 0. The van der Waals surface area contributed by atoms with E-state index in [4.69, 9.17) is 24.9 Å². The average molecular weight is 440 g/mol. The van der Waals surface area contributed by atoms with E-state index in [1.165, 1.54) is 4.90 Å². The average Bonchev–Trinajstić information content (AvgIpc) is 3.09. The normalized spacial score (nSPS) is 19.2. The summed E-state index contributed by atoms with van der Waals surface area (Å²) < 4.78 is 39.4. The number of carbonyl (C=O) groups excluding carboxylic acids is 1. The molecule has 2 aromatic rings. The van der Waals surface area contributed by atoms with Crippen LogP contribution in [0.5, 0.6) is 5.75 Å². The molecule has 2 aromatic carbocycles. The van der Waals surface area contributed by atoms with Crippen LogP contribution in [0.1, 0.15) is 11.1 Å². The van der Waals surface area contributed by atoms with Crippen LogP contribution in [0.4, 0.5) is 4.79 Å². The van der Waals surface area contributed by atoms with E-state index >= 15 is 0 Å². The Morgan fingerprint density at radius 3 is 2.45 bits per heavy atom. The lowest BCUT2D eigenvalue weighted by Crippen LogP contribution is -2.32. The Balaban J connectivity index is 1.60. The molecule has 0 bridgehead atoms. The number of likely N-dealkylation sites (tertiary alicyclic amines) is 1. The summed E-state index contributed by atoms with van der Waals surface area (Å²) in [5, 5.41) is 0. The fraction of sp³-hybridized carbons (Fsp3) is 0.350. The number of carbonyl (C=O) groups is 1. The van der Waals surface area contributed by atoms with Gasteiger partial charge in [-0.1, -0.05) is 42.5 Å². The molecule has 0 spiro atoms. The van der Waals surface area contributed by atoms with Crippen LogP contribution in [0.25, 0.3) is 0 Å². The van der Waals surface area contributed by atoms with Gasteiger partial charge in [0, 0.05) is 17.8 Å². The lowest BCUT2D eigenvalue weighted by atomic mass is 10.2. The second-order valence-corrected chi connectivity index (χ2v) is 9.48. The summed E-state index contributed by atoms with van der Waals surface area (Å²) in [5.41, 5.74) is 1.42. The van der Waals surface area contributed by atoms with Gasteiger partial charge in [0.15, 0.2) is 0 Å². The lowest BCUT2D eigenvalue weighted by molar-refractivity contribution is 0.0338.